The predicted molar refractivity (Wildman–Crippen MR) is 124 cm³/mol. The molecular formula is C25H24ClN3O2. The molecule has 1 aliphatic rings. The Morgan fingerprint density at radius 2 is 1.68 bits per heavy atom. The lowest BCUT2D eigenvalue weighted by atomic mass is 10.0. The molecular weight excluding hydrogens is 410 g/mol. The quantitative estimate of drug-likeness (QED) is 0.445. The van der Waals surface area contributed by atoms with Gasteiger partial charge in [-0.1, -0.05) is 48.0 Å². The highest BCUT2D eigenvalue weighted by molar-refractivity contribution is 6.34. The minimum atomic E-state index is -0.0766. The summed E-state index contributed by atoms with van der Waals surface area (Å²) in [7, 11) is 0. The Labute approximate surface area is 185 Å². The molecule has 1 fully saturated rings. The van der Waals surface area contributed by atoms with Crippen molar-refractivity contribution in [2.75, 3.05) is 13.1 Å². The number of ether oxygens (including phenoxy) is 1. The molecule has 158 valence electrons. The zero-order valence-electron chi connectivity index (χ0n) is 17.1. The van der Waals surface area contributed by atoms with Crippen molar-refractivity contribution in [3.05, 3.63) is 93.9 Å². The van der Waals surface area contributed by atoms with Crippen LogP contribution in [0.1, 0.15) is 24.4 Å². The third-order valence-electron chi connectivity index (χ3n) is 5.89. The van der Waals surface area contributed by atoms with Crippen LogP contribution in [-0.2, 0) is 6.54 Å². The van der Waals surface area contributed by atoms with Gasteiger partial charge in [0.2, 0.25) is 0 Å². The third kappa shape index (κ3) is 4.24. The van der Waals surface area contributed by atoms with E-state index >= 15 is 0 Å². The Morgan fingerprint density at radius 3 is 2.48 bits per heavy atom. The number of hydrogen-bond donors (Lipinski definition) is 1. The third-order valence-corrected chi connectivity index (χ3v) is 6.20. The SMILES string of the molecule is O=c1[nH]c2cccc(Cl)c2n1C1CCN(Cc2cccc(Oc3ccccc3)c2)CC1. The number of aromatic nitrogens is 2. The van der Waals surface area contributed by atoms with Gasteiger partial charge in [-0.15, -0.1) is 0 Å². The Hall–Kier alpha value is -3.02. The molecule has 1 aliphatic heterocycles. The van der Waals surface area contributed by atoms with Gasteiger partial charge >= 0.3 is 5.69 Å². The average Bonchev–Trinajstić information content (AvgIpc) is 3.12. The molecule has 1 aromatic heterocycles. The lowest BCUT2D eigenvalue weighted by Crippen LogP contribution is -2.36. The Morgan fingerprint density at radius 1 is 0.935 bits per heavy atom. The number of nitrogens with zero attached hydrogens (tertiary/aromatic N) is 2. The van der Waals surface area contributed by atoms with E-state index in [1.807, 2.05) is 65.2 Å². The number of H-pyrrole nitrogens is 1. The second-order valence-electron chi connectivity index (χ2n) is 8.01. The van der Waals surface area contributed by atoms with Gasteiger partial charge in [0.05, 0.1) is 16.1 Å². The van der Waals surface area contributed by atoms with Crippen LogP contribution >= 0.6 is 11.6 Å². The summed E-state index contributed by atoms with van der Waals surface area (Å²) in [6.45, 7) is 2.72. The van der Waals surface area contributed by atoms with Gasteiger partial charge in [0.15, 0.2) is 0 Å². The molecule has 0 aliphatic carbocycles. The van der Waals surface area contributed by atoms with Gasteiger partial charge in [-0.2, -0.15) is 0 Å². The van der Waals surface area contributed by atoms with Crippen molar-refractivity contribution in [2.24, 2.45) is 0 Å². The first-order chi connectivity index (χ1) is 15.2. The number of rotatable bonds is 5. The topological polar surface area (TPSA) is 50.3 Å². The van der Waals surface area contributed by atoms with Crippen molar-refractivity contribution in [3.63, 3.8) is 0 Å². The van der Waals surface area contributed by atoms with E-state index < -0.39 is 0 Å². The minimum absolute atomic E-state index is 0.0766. The second-order valence-corrected chi connectivity index (χ2v) is 8.41. The number of aromatic amines is 1. The molecule has 5 nitrogen and oxygen atoms in total. The van der Waals surface area contributed by atoms with Gasteiger partial charge in [0, 0.05) is 25.7 Å². The monoisotopic (exact) mass is 433 g/mol. The van der Waals surface area contributed by atoms with Gasteiger partial charge in [-0.25, -0.2) is 4.79 Å². The van der Waals surface area contributed by atoms with E-state index in [0.717, 1.165) is 55.0 Å². The van der Waals surface area contributed by atoms with Crippen molar-refractivity contribution >= 4 is 22.6 Å². The summed E-state index contributed by atoms with van der Waals surface area (Å²) in [6.07, 6.45) is 1.83. The van der Waals surface area contributed by atoms with Crippen LogP contribution in [0.3, 0.4) is 0 Å². The number of nitrogens with one attached hydrogen (secondary N) is 1. The zero-order chi connectivity index (χ0) is 21.2. The summed E-state index contributed by atoms with van der Waals surface area (Å²) in [5.41, 5.74) is 2.76. The predicted octanol–water partition coefficient (Wildman–Crippen LogP) is 5.61. The van der Waals surface area contributed by atoms with Crippen molar-refractivity contribution < 1.29 is 4.74 Å². The molecule has 6 heteroatoms. The number of likely N-dealkylation sites (tertiary alicyclic amines) is 1. The number of piperidine rings is 1. The number of para-hydroxylation sites is 2. The molecule has 5 rings (SSSR count). The number of imidazole rings is 1. The maximum Gasteiger partial charge on any atom is 0.326 e. The van der Waals surface area contributed by atoms with Crippen LogP contribution in [0.2, 0.25) is 5.02 Å². The molecule has 0 radical (unpaired) electrons. The Balaban J connectivity index is 1.25. The molecule has 0 bridgehead atoms. The highest BCUT2D eigenvalue weighted by atomic mass is 35.5. The average molecular weight is 434 g/mol. The summed E-state index contributed by atoms with van der Waals surface area (Å²) >= 11 is 6.40. The van der Waals surface area contributed by atoms with E-state index in [2.05, 4.69) is 22.0 Å². The molecule has 3 aromatic carbocycles. The van der Waals surface area contributed by atoms with E-state index in [9.17, 15) is 4.79 Å². The van der Waals surface area contributed by atoms with Crippen LogP contribution in [0.25, 0.3) is 11.0 Å². The fourth-order valence-electron chi connectivity index (χ4n) is 4.41. The van der Waals surface area contributed by atoms with Crippen molar-refractivity contribution in [2.45, 2.75) is 25.4 Å². The maximum atomic E-state index is 12.6. The van der Waals surface area contributed by atoms with Crippen molar-refractivity contribution in [3.8, 4) is 11.5 Å². The smallest absolute Gasteiger partial charge is 0.326 e. The van der Waals surface area contributed by atoms with Gasteiger partial charge < -0.3 is 9.72 Å². The molecule has 1 saturated heterocycles. The first-order valence-corrected chi connectivity index (χ1v) is 11.0. The highest BCUT2D eigenvalue weighted by Gasteiger charge is 2.24. The van der Waals surface area contributed by atoms with Gasteiger partial charge in [0.25, 0.3) is 0 Å². The highest BCUT2D eigenvalue weighted by Crippen LogP contribution is 2.29. The van der Waals surface area contributed by atoms with Crippen LogP contribution in [0.5, 0.6) is 11.5 Å². The van der Waals surface area contributed by atoms with E-state index in [0.29, 0.717) is 5.02 Å². The van der Waals surface area contributed by atoms with Crippen LogP contribution < -0.4 is 10.4 Å². The maximum absolute atomic E-state index is 12.6. The lowest BCUT2D eigenvalue weighted by Gasteiger charge is -2.32. The number of fused-ring (bicyclic) bond motifs is 1. The summed E-state index contributed by atoms with van der Waals surface area (Å²) in [6, 6.07) is 23.8. The van der Waals surface area contributed by atoms with E-state index in [4.69, 9.17) is 16.3 Å². The van der Waals surface area contributed by atoms with Gasteiger partial charge in [-0.3, -0.25) is 9.47 Å². The Bertz CT molecular complexity index is 1240. The standard InChI is InChI=1S/C25H24ClN3O2/c26-22-10-5-11-23-24(22)29(25(30)27-23)19-12-14-28(15-13-19)17-18-6-4-9-21(16-18)31-20-7-2-1-3-8-20/h1-11,16,19H,12-15,17H2,(H,27,30). The molecule has 0 atom stereocenters. The largest absolute Gasteiger partial charge is 0.457 e. The molecule has 2 heterocycles. The van der Waals surface area contributed by atoms with Crippen molar-refractivity contribution in [1.82, 2.24) is 14.5 Å². The fourth-order valence-corrected chi connectivity index (χ4v) is 4.68. The van der Waals surface area contributed by atoms with Gasteiger partial charge in [0.1, 0.15) is 11.5 Å². The van der Waals surface area contributed by atoms with Crippen LogP contribution in [-0.4, -0.2) is 27.5 Å². The summed E-state index contributed by atoms with van der Waals surface area (Å²) in [5.74, 6) is 1.68. The first-order valence-electron chi connectivity index (χ1n) is 10.6. The minimum Gasteiger partial charge on any atom is -0.457 e. The summed E-state index contributed by atoms with van der Waals surface area (Å²) < 4.78 is 7.82. The molecule has 0 saturated carbocycles. The summed E-state index contributed by atoms with van der Waals surface area (Å²) in [5, 5.41) is 0.619. The van der Waals surface area contributed by atoms with E-state index in [-0.39, 0.29) is 11.7 Å². The van der Waals surface area contributed by atoms with E-state index in [1.54, 1.807) is 0 Å². The lowest BCUT2D eigenvalue weighted by molar-refractivity contribution is 0.180. The van der Waals surface area contributed by atoms with Crippen LogP contribution in [0.15, 0.2) is 77.6 Å². The molecule has 1 N–H and O–H groups in total. The van der Waals surface area contributed by atoms with Crippen LogP contribution in [0.4, 0.5) is 0 Å². The van der Waals surface area contributed by atoms with Crippen LogP contribution in [0, 0.1) is 0 Å². The number of hydrogen-bond acceptors (Lipinski definition) is 3. The van der Waals surface area contributed by atoms with Gasteiger partial charge in [-0.05, 0) is 54.8 Å². The summed E-state index contributed by atoms with van der Waals surface area (Å²) in [4.78, 5) is 17.9. The fraction of sp³-hybridized carbons (Fsp3) is 0.240. The molecule has 0 amide bonds. The first kappa shape index (κ1) is 19.9. The normalized spacial score (nSPS) is 15.4. The number of halogens is 1. The zero-order valence-corrected chi connectivity index (χ0v) is 17.9. The molecule has 0 unspecified atom stereocenters. The Kier molecular flexibility index (Phi) is 5.53. The van der Waals surface area contributed by atoms with E-state index in [1.165, 1.54) is 5.56 Å². The van der Waals surface area contributed by atoms with Crippen molar-refractivity contribution in [1.29, 1.82) is 0 Å². The molecule has 4 aromatic rings. The number of benzene rings is 3. The molecule has 0 spiro atoms. The second kappa shape index (κ2) is 8.61. The molecule has 31 heavy (non-hydrogen) atoms.